The number of guanidine groups is 1. The van der Waals surface area contributed by atoms with Crippen molar-refractivity contribution in [1.29, 1.82) is 0 Å². The molecule has 2 N–H and O–H groups in total. The van der Waals surface area contributed by atoms with Crippen molar-refractivity contribution >= 4 is 35.1 Å². The Kier molecular flexibility index (Phi) is 4.98. The first-order valence-electron chi connectivity index (χ1n) is 11.8. The van der Waals surface area contributed by atoms with Crippen LogP contribution in [0.5, 0.6) is 0 Å². The fourth-order valence-corrected chi connectivity index (χ4v) is 4.95. The van der Waals surface area contributed by atoms with Crippen LogP contribution in [-0.4, -0.2) is 31.9 Å². The molecule has 37 heavy (non-hydrogen) atoms. The van der Waals surface area contributed by atoms with E-state index in [9.17, 15) is 0 Å². The fraction of sp³-hybridized carbons (Fsp3) is 0.0741. The van der Waals surface area contributed by atoms with Gasteiger partial charge in [0.2, 0.25) is 0 Å². The SMILES string of the molecule is NCc1ccc(-c2nc3c(cc2-c2ccccc2)=C2N4CC=3N(Cl)N=NC4=NN2c2ccccn2)cc1. The van der Waals surface area contributed by atoms with Crippen LogP contribution in [0.1, 0.15) is 5.56 Å². The van der Waals surface area contributed by atoms with Crippen molar-refractivity contribution in [3.8, 4) is 22.4 Å². The first-order chi connectivity index (χ1) is 18.2. The number of nitrogens with zero attached hydrogens (tertiary/aromatic N) is 8. The second kappa shape index (κ2) is 8.51. The van der Waals surface area contributed by atoms with Gasteiger partial charge in [0.1, 0.15) is 11.5 Å². The molecule has 2 aromatic carbocycles. The monoisotopic (exact) mass is 505 g/mol. The zero-order valence-electron chi connectivity index (χ0n) is 19.5. The van der Waals surface area contributed by atoms with E-state index < -0.39 is 0 Å². The molecular formula is C27H20ClN9. The summed E-state index contributed by atoms with van der Waals surface area (Å²) in [5.41, 5.74) is 11.5. The average molecular weight is 506 g/mol. The van der Waals surface area contributed by atoms with Gasteiger partial charge in [0, 0.05) is 40.9 Å². The molecule has 10 heteroatoms. The highest BCUT2D eigenvalue weighted by Crippen LogP contribution is 2.34. The van der Waals surface area contributed by atoms with Crippen LogP contribution in [0.2, 0.25) is 0 Å². The third-order valence-corrected chi connectivity index (χ3v) is 6.85. The highest BCUT2D eigenvalue weighted by atomic mass is 35.5. The summed E-state index contributed by atoms with van der Waals surface area (Å²) < 4.78 is 1.26. The van der Waals surface area contributed by atoms with Gasteiger partial charge in [-0.25, -0.2) is 9.97 Å². The van der Waals surface area contributed by atoms with Crippen LogP contribution in [0.4, 0.5) is 5.82 Å². The molecule has 0 saturated carbocycles. The summed E-state index contributed by atoms with van der Waals surface area (Å²) in [7, 11) is 0. The minimum absolute atomic E-state index is 0.421. The van der Waals surface area contributed by atoms with Crippen LogP contribution in [-0.2, 0) is 6.54 Å². The van der Waals surface area contributed by atoms with E-state index in [-0.39, 0.29) is 0 Å². The van der Waals surface area contributed by atoms with Crippen LogP contribution in [0.25, 0.3) is 33.9 Å². The maximum Gasteiger partial charge on any atom is 0.270 e. The van der Waals surface area contributed by atoms with Crippen LogP contribution in [0, 0.1) is 0 Å². The Morgan fingerprint density at radius 3 is 2.49 bits per heavy atom. The number of hydrogen-bond acceptors (Lipinski definition) is 9. The first-order valence-corrected chi connectivity index (χ1v) is 12.1. The number of fused-ring (bicyclic) bond motifs is 2. The molecule has 7 rings (SSSR count). The molecule has 0 radical (unpaired) electrons. The van der Waals surface area contributed by atoms with Crippen LogP contribution in [0.15, 0.2) is 100 Å². The number of benzene rings is 2. The van der Waals surface area contributed by atoms with Crippen LogP contribution < -0.4 is 21.3 Å². The number of hydrogen-bond donors (Lipinski definition) is 1. The van der Waals surface area contributed by atoms with E-state index in [1.165, 1.54) is 4.53 Å². The molecule has 180 valence electrons. The fourth-order valence-electron chi connectivity index (χ4n) is 4.78. The maximum absolute atomic E-state index is 6.56. The molecule has 0 unspecified atom stereocenters. The molecule has 9 nitrogen and oxygen atoms in total. The Morgan fingerprint density at radius 2 is 1.73 bits per heavy atom. The Hall–Kier alpha value is -4.60. The Bertz CT molecular complexity index is 1700. The third-order valence-electron chi connectivity index (χ3n) is 6.58. The lowest BCUT2D eigenvalue weighted by molar-refractivity contribution is 0.577. The van der Waals surface area contributed by atoms with Crippen molar-refractivity contribution < 1.29 is 0 Å². The molecule has 5 heterocycles. The quantitative estimate of drug-likeness (QED) is 0.427. The lowest BCUT2D eigenvalue weighted by atomic mass is 9.97. The van der Waals surface area contributed by atoms with Gasteiger partial charge >= 0.3 is 0 Å². The van der Waals surface area contributed by atoms with Gasteiger partial charge in [0.15, 0.2) is 5.82 Å². The molecule has 3 aliphatic heterocycles. The normalized spacial score (nSPS) is 15.6. The van der Waals surface area contributed by atoms with Gasteiger partial charge in [-0.05, 0) is 34.5 Å². The van der Waals surface area contributed by atoms with Crippen molar-refractivity contribution in [2.45, 2.75) is 6.54 Å². The predicted molar refractivity (Wildman–Crippen MR) is 142 cm³/mol. The molecule has 0 aliphatic carbocycles. The second-order valence-electron chi connectivity index (χ2n) is 8.75. The minimum atomic E-state index is 0.421. The molecule has 2 aromatic heterocycles. The molecule has 0 spiro atoms. The molecule has 0 saturated heterocycles. The first kappa shape index (κ1) is 21.7. The van der Waals surface area contributed by atoms with Gasteiger partial charge in [-0.15, -0.1) is 5.10 Å². The Morgan fingerprint density at radius 1 is 0.919 bits per heavy atom. The number of hydrazone groups is 1. The van der Waals surface area contributed by atoms with Crippen molar-refractivity contribution in [2.75, 3.05) is 11.6 Å². The standard InChI is InChI=1S/C27H20ClN9/c28-37-22-16-35-26(36(33-27(35)32-34-37)23-8-4-5-13-30-23)21-14-20(18-6-2-1-3-7-18)24(31-25(21)22)19-11-9-17(15-29)10-12-19/h1-14H,15-16,29H2. The van der Waals surface area contributed by atoms with Crippen LogP contribution >= 0.6 is 11.8 Å². The number of halogens is 1. The van der Waals surface area contributed by atoms with E-state index in [0.29, 0.717) is 24.9 Å². The molecule has 2 bridgehead atoms. The summed E-state index contributed by atoms with van der Waals surface area (Å²) in [4.78, 5) is 11.8. The lowest BCUT2D eigenvalue weighted by Crippen LogP contribution is -2.48. The molecular weight excluding hydrogens is 486 g/mol. The summed E-state index contributed by atoms with van der Waals surface area (Å²) in [5, 5.41) is 16.6. The molecule has 0 amide bonds. The maximum atomic E-state index is 6.56. The number of rotatable bonds is 4. The van der Waals surface area contributed by atoms with Gasteiger partial charge in [0.05, 0.1) is 17.6 Å². The topological polar surface area (TPSA) is 98.6 Å². The largest absolute Gasteiger partial charge is 0.326 e. The third kappa shape index (κ3) is 3.47. The second-order valence-corrected chi connectivity index (χ2v) is 9.07. The van der Waals surface area contributed by atoms with Crippen molar-refractivity contribution in [1.82, 2.24) is 19.4 Å². The van der Waals surface area contributed by atoms with Gasteiger partial charge < -0.3 is 5.73 Å². The number of pyridine rings is 2. The number of anilines is 1. The minimum Gasteiger partial charge on any atom is -0.326 e. The number of nitrogens with two attached hydrogens (primary N) is 1. The van der Waals surface area contributed by atoms with E-state index in [4.69, 9.17) is 27.6 Å². The summed E-state index contributed by atoms with van der Waals surface area (Å²) in [6.45, 7) is 0.900. The van der Waals surface area contributed by atoms with Crippen molar-refractivity contribution in [3.63, 3.8) is 0 Å². The summed E-state index contributed by atoms with van der Waals surface area (Å²) >= 11 is 6.56. The molecule has 0 fully saturated rings. The van der Waals surface area contributed by atoms with E-state index in [2.05, 4.69) is 45.7 Å². The zero-order chi connectivity index (χ0) is 24.9. The summed E-state index contributed by atoms with van der Waals surface area (Å²) in [6, 6.07) is 26.2. The molecule has 4 aromatic rings. The zero-order valence-corrected chi connectivity index (χ0v) is 20.3. The van der Waals surface area contributed by atoms with Gasteiger partial charge in [0.25, 0.3) is 5.96 Å². The summed E-state index contributed by atoms with van der Waals surface area (Å²) in [5.74, 6) is 1.93. The van der Waals surface area contributed by atoms with Gasteiger partial charge in [-0.3, -0.25) is 4.90 Å². The molecule has 0 atom stereocenters. The van der Waals surface area contributed by atoms with Gasteiger partial charge in [-0.2, -0.15) is 9.54 Å². The van der Waals surface area contributed by atoms with Crippen LogP contribution in [0.3, 0.4) is 0 Å². The smallest absolute Gasteiger partial charge is 0.270 e. The van der Waals surface area contributed by atoms with E-state index in [1.807, 2.05) is 53.4 Å². The average Bonchev–Trinajstić information content (AvgIpc) is 3.28. The van der Waals surface area contributed by atoms with Gasteiger partial charge in [-0.1, -0.05) is 65.8 Å². The van der Waals surface area contributed by atoms with E-state index >= 15 is 0 Å². The molecule has 3 aliphatic rings. The Balaban J connectivity index is 1.58. The summed E-state index contributed by atoms with van der Waals surface area (Å²) in [6.07, 6.45) is 1.74. The van der Waals surface area contributed by atoms with E-state index in [0.717, 1.165) is 50.0 Å². The highest BCUT2D eigenvalue weighted by molar-refractivity contribution is 6.16. The van der Waals surface area contributed by atoms with Crippen molar-refractivity contribution in [2.24, 2.45) is 21.2 Å². The predicted octanol–water partition coefficient (Wildman–Crippen LogP) is 3.39. The number of aromatic nitrogens is 2. The highest BCUT2D eigenvalue weighted by Gasteiger charge is 2.38. The Labute approximate surface area is 217 Å². The lowest BCUT2D eigenvalue weighted by Gasteiger charge is -2.27. The van der Waals surface area contributed by atoms with E-state index in [1.54, 1.807) is 11.2 Å². The van der Waals surface area contributed by atoms with Crippen molar-refractivity contribution in [3.05, 3.63) is 101 Å².